The van der Waals surface area contributed by atoms with E-state index in [4.69, 9.17) is 5.73 Å². The number of carbonyl (C=O) groups excluding carboxylic acids is 3. The summed E-state index contributed by atoms with van der Waals surface area (Å²) in [4.78, 5) is 36.3. The Balaban J connectivity index is 2.04. The van der Waals surface area contributed by atoms with Crippen molar-refractivity contribution < 1.29 is 19.1 Å². The number of hydrogen-bond donors (Lipinski definition) is 1. The lowest BCUT2D eigenvalue weighted by molar-refractivity contribution is -0.153. The monoisotopic (exact) mass is 350 g/mol. The third-order valence-electron chi connectivity index (χ3n) is 3.99. The molecule has 0 unspecified atom stereocenters. The Morgan fingerprint density at radius 2 is 1.81 bits per heavy atom. The lowest BCUT2D eigenvalue weighted by atomic mass is 10.0. The number of nitrogen functional groups attached to an aromatic ring is 1. The van der Waals surface area contributed by atoms with Crippen molar-refractivity contribution in [1.82, 2.24) is 4.40 Å². The smallest absolute Gasteiger partial charge is 0.375 e. The summed E-state index contributed by atoms with van der Waals surface area (Å²) in [5.74, 6) is -2.29. The van der Waals surface area contributed by atoms with E-state index in [0.29, 0.717) is 16.9 Å². The van der Waals surface area contributed by atoms with E-state index in [1.54, 1.807) is 35.7 Å². The van der Waals surface area contributed by atoms with Crippen LogP contribution in [0.3, 0.4) is 0 Å². The van der Waals surface area contributed by atoms with Crippen LogP contribution in [0.4, 0.5) is 5.69 Å². The Labute approximate surface area is 150 Å². The molecule has 2 aromatic heterocycles. The van der Waals surface area contributed by atoms with Gasteiger partial charge in [0, 0.05) is 23.0 Å². The zero-order valence-electron chi connectivity index (χ0n) is 14.3. The van der Waals surface area contributed by atoms with Gasteiger partial charge in [-0.15, -0.1) is 0 Å². The number of benzene rings is 1. The quantitative estimate of drug-likeness (QED) is 0.243. The maximum atomic E-state index is 12.8. The first kappa shape index (κ1) is 17.4. The van der Waals surface area contributed by atoms with Crippen LogP contribution in [-0.2, 0) is 14.3 Å². The van der Waals surface area contributed by atoms with Gasteiger partial charge in [0.15, 0.2) is 5.78 Å². The SMILES string of the molecule is CCOC(=O)C(=O)CC(=O)c1c(-c2ccc(N)cc2)cc2ccccn12. The Bertz CT molecular complexity index is 987. The Morgan fingerprint density at radius 1 is 1.08 bits per heavy atom. The number of fused-ring (bicyclic) bond motifs is 1. The molecule has 1 aromatic carbocycles. The lowest BCUT2D eigenvalue weighted by Gasteiger charge is -2.06. The van der Waals surface area contributed by atoms with Crippen molar-refractivity contribution in [2.45, 2.75) is 13.3 Å². The molecule has 0 amide bonds. The van der Waals surface area contributed by atoms with Gasteiger partial charge in [-0.2, -0.15) is 0 Å². The summed E-state index contributed by atoms with van der Waals surface area (Å²) in [5.41, 5.74) is 8.99. The number of anilines is 1. The number of ether oxygens (including phenoxy) is 1. The summed E-state index contributed by atoms with van der Waals surface area (Å²) in [6.45, 7) is 1.69. The van der Waals surface area contributed by atoms with Crippen LogP contribution in [0.2, 0.25) is 0 Å². The molecule has 0 aliphatic heterocycles. The summed E-state index contributed by atoms with van der Waals surface area (Å²) in [6, 6.07) is 14.5. The number of esters is 1. The molecule has 26 heavy (non-hydrogen) atoms. The zero-order chi connectivity index (χ0) is 18.7. The van der Waals surface area contributed by atoms with Crippen molar-refractivity contribution in [1.29, 1.82) is 0 Å². The fraction of sp³-hybridized carbons (Fsp3) is 0.150. The van der Waals surface area contributed by atoms with Crippen molar-refractivity contribution in [3.05, 3.63) is 60.4 Å². The normalized spacial score (nSPS) is 10.7. The molecule has 0 saturated heterocycles. The van der Waals surface area contributed by atoms with Gasteiger partial charge in [-0.25, -0.2) is 4.79 Å². The van der Waals surface area contributed by atoms with E-state index in [2.05, 4.69) is 4.74 Å². The second kappa shape index (κ2) is 7.23. The number of ketones is 2. The van der Waals surface area contributed by atoms with Crippen molar-refractivity contribution in [3.8, 4) is 11.1 Å². The number of nitrogens with two attached hydrogens (primary N) is 1. The maximum absolute atomic E-state index is 12.8. The number of Topliss-reactive ketones (excluding diaryl/α,β-unsaturated/α-hetero) is 2. The molecule has 0 spiro atoms. The van der Waals surface area contributed by atoms with E-state index in [0.717, 1.165) is 11.1 Å². The van der Waals surface area contributed by atoms with E-state index in [1.807, 2.05) is 30.3 Å². The maximum Gasteiger partial charge on any atom is 0.375 e. The van der Waals surface area contributed by atoms with E-state index in [-0.39, 0.29) is 6.61 Å². The van der Waals surface area contributed by atoms with Crippen LogP contribution in [0, 0.1) is 0 Å². The molecule has 6 nitrogen and oxygen atoms in total. The lowest BCUT2D eigenvalue weighted by Crippen LogP contribution is -2.21. The predicted molar refractivity (Wildman–Crippen MR) is 97.8 cm³/mol. The van der Waals surface area contributed by atoms with Crippen molar-refractivity contribution in [2.75, 3.05) is 12.3 Å². The molecule has 0 aliphatic carbocycles. The van der Waals surface area contributed by atoms with Crippen LogP contribution in [-0.4, -0.2) is 28.5 Å². The largest absolute Gasteiger partial charge is 0.460 e. The van der Waals surface area contributed by atoms with Gasteiger partial charge in [0.1, 0.15) is 0 Å². The molecule has 0 aliphatic rings. The minimum atomic E-state index is -0.990. The first-order valence-corrected chi connectivity index (χ1v) is 8.20. The van der Waals surface area contributed by atoms with Gasteiger partial charge in [0.25, 0.3) is 0 Å². The number of carbonyl (C=O) groups is 3. The van der Waals surface area contributed by atoms with Crippen LogP contribution in [0.1, 0.15) is 23.8 Å². The highest BCUT2D eigenvalue weighted by Crippen LogP contribution is 2.29. The number of hydrogen-bond acceptors (Lipinski definition) is 5. The molecule has 0 saturated carbocycles. The molecular weight excluding hydrogens is 332 g/mol. The molecule has 0 radical (unpaired) electrons. The Hall–Kier alpha value is -3.41. The molecule has 132 valence electrons. The van der Waals surface area contributed by atoms with Gasteiger partial charge in [-0.05, 0) is 42.8 Å². The molecule has 6 heteroatoms. The van der Waals surface area contributed by atoms with Crippen LogP contribution >= 0.6 is 0 Å². The first-order chi connectivity index (χ1) is 12.5. The summed E-state index contributed by atoms with van der Waals surface area (Å²) >= 11 is 0. The Morgan fingerprint density at radius 3 is 2.50 bits per heavy atom. The average Bonchev–Trinajstić information content (AvgIpc) is 3.02. The van der Waals surface area contributed by atoms with Crippen molar-refractivity contribution >= 4 is 28.7 Å². The second-order valence-corrected chi connectivity index (χ2v) is 5.77. The standard InChI is InChI=1S/C20H18N2O4/c1-2-26-20(25)18(24)12-17(23)19-16(13-6-8-14(21)9-7-13)11-15-5-3-4-10-22(15)19/h3-11H,2,12,21H2,1H3. The van der Waals surface area contributed by atoms with Gasteiger partial charge in [0.2, 0.25) is 5.78 Å². The van der Waals surface area contributed by atoms with Crippen LogP contribution in [0.15, 0.2) is 54.7 Å². The minimum absolute atomic E-state index is 0.0868. The van der Waals surface area contributed by atoms with Gasteiger partial charge in [-0.3, -0.25) is 9.59 Å². The number of rotatable bonds is 6. The molecule has 0 bridgehead atoms. The second-order valence-electron chi connectivity index (χ2n) is 5.77. The molecule has 0 fully saturated rings. The molecule has 3 rings (SSSR count). The average molecular weight is 350 g/mol. The fourth-order valence-corrected chi connectivity index (χ4v) is 2.80. The van der Waals surface area contributed by atoms with Gasteiger partial charge in [-0.1, -0.05) is 18.2 Å². The topological polar surface area (TPSA) is 90.9 Å². The van der Waals surface area contributed by atoms with Gasteiger partial charge >= 0.3 is 5.97 Å². The molecule has 2 heterocycles. The van der Waals surface area contributed by atoms with E-state index in [9.17, 15) is 14.4 Å². The summed E-state index contributed by atoms with van der Waals surface area (Å²) < 4.78 is 6.39. The number of nitrogens with zero attached hydrogens (tertiary/aromatic N) is 1. The predicted octanol–water partition coefficient (Wildman–Crippen LogP) is 2.89. The third-order valence-corrected chi connectivity index (χ3v) is 3.99. The number of aromatic nitrogens is 1. The van der Waals surface area contributed by atoms with Gasteiger partial charge < -0.3 is 14.9 Å². The van der Waals surface area contributed by atoms with Crippen molar-refractivity contribution in [2.24, 2.45) is 0 Å². The zero-order valence-corrected chi connectivity index (χ0v) is 14.3. The van der Waals surface area contributed by atoms with Crippen molar-refractivity contribution in [3.63, 3.8) is 0 Å². The van der Waals surface area contributed by atoms with Crippen LogP contribution in [0.5, 0.6) is 0 Å². The third kappa shape index (κ3) is 3.35. The van der Waals surface area contributed by atoms with E-state index in [1.165, 1.54) is 0 Å². The molecule has 0 atom stereocenters. The molecular formula is C20H18N2O4. The molecule has 2 N–H and O–H groups in total. The van der Waals surface area contributed by atoms with E-state index < -0.39 is 24.0 Å². The van der Waals surface area contributed by atoms with Crippen LogP contribution < -0.4 is 5.73 Å². The number of pyridine rings is 1. The highest BCUT2D eigenvalue weighted by molar-refractivity contribution is 6.38. The molecule has 3 aromatic rings. The Kier molecular flexibility index (Phi) is 4.84. The summed E-state index contributed by atoms with van der Waals surface area (Å²) in [5, 5.41) is 0. The minimum Gasteiger partial charge on any atom is -0.460 e. The first-order valence-electron chi connectivity index (χ1n) is 8.20. The highest BCUT2D eigenvalue weighted by Gasteiger charge is 2.24. The van der Waals surface area contributed by atoms with Crippen LogP contribution in [0.25, 0.3) is 16.6 Å². The van der Waals surface area contributed by atoms with Gasteiger partial charge in [0.05, 0.1) is 18.7 Å². The summed E-state index contributed by atoms with van der Waals surface area (Å²) in [7, 11) is 0. The fourth-order valence-electron chi connectivity index (χ4n) is 2.80. The summed E-state index contributed by atoms with van der Waals surface area (Å²) in [6.07, 6.45) is 1.21. The highest BCUT2D eigenvalue weighted by atomic mass is 16.5. The van der Waals surface area contributed by atoms with E-state index >= 15 is 0 Å².